The van der Waals surface area contributed by atoms with Crippen LogP contribution in [0.25, 0.3) is 0 Å². The van der Waals surface area contributed by atoms with E-state index in [1.54, 1.807) is 0 Å². The fourth-order valence-corrected chi connectivity index (χ4v) is 12.4. The van der Waals surface area contributed by atoms with Crippen LogP contribution in [0.1, 0.15) is 369 Å². The molecule has 5 atom stereocenters. The molecule has 0 aromatic rings. The number of unbranched alkanes of at least 4 members (excludes halogenated alkanes) is 43. The summed E-state index contributed by atoms with van der Waals surface area (Å²) in [7, 11) is -9.89. The van der Waals surface area contributed by atoms with Crippen molar-refractivity contribution in [1.29, 1.82) is 0 Å². The second kappa shape index (κ2) is 64.4. The zero-order valence-corrected chi connectivity index (χ0v) is 60.1. The summed E-state index contributed by atoms with van der Waals surface area (Å²) in [5.74, 6) is -1.32. The van der Waals surface area contributed by atoms with Crippen LogP contribution in [0.3, 0.4) is 0 Å². The van der Waals surface area contributed by atoms with Crippen LogP contribution in [0.4, 0.5) is 0 Å². The van der Waals surface area contributed by atoms with E-state index >= 15 is 0 Å². The molecule has 0 aliphatic carbocycles. The van der Waals surface area contributed by atoms with Gasteiger partial charge in [0.05, 0.1) is 26.4 Å². The predicted octanol–water partition coefficient (Wildman–Crippen LogP) is 20.5. The Balaban J connectivity index is 5.20. The van der Waals surface area contributed by atoms with Gasteiger partial charge in [0.1, 0.15) is 19.3 Å². The average Bonchev–Trinajstić information content (AvgIpc) is 3.63. The molecule has 90 heavy (non-hydrogen) atoms. The minimum Gasteiger partial charge on any atom is -0.462 e. The minimum absolute atomic E-state index is 0.106. The molecule has 0 saturated carbocycles. The summed E-state index contributed by atoms with van der Waals surface area (Å²) in [4.78, 5) is 72.5. The number of hydrogen-bond donors (Lipinski definition) is 3. The number of carbonyl (C=O) groups excluding carboxylic acids is 4. The average molecular weight is 1330 g/mol. The minimum atomic E-state index is -4.95. The van der Waals surface area contributed by atoms with Crippen molar-refractivity contribution >= 4 is 39.5 Å². The maximum Gasteiger partial charge on any atom is 0.472 e. The number of hydrogen-bond acceptors (Lipinski definition) is 15. The van der Waals surface area contributed by atoms with Gasteiger partial charge >= 0.3 is 39.5 Å². The summed E-state index contributed by atoms with van der Waals surface area (Å²) >= 11 is 0. The van der Waals surface area contributed by atoms with E-state index in [1.807, 2.05) is 0 Å². The molecule has 0 aliphatic rings. The molecule has 0 bridgehead atoms. The Hall–Kier alpha value is -1.94. The molecule has 0 heterocycles. The number of aliphatic hydroxyl groups excluding tert-OH is 1. The molecule has 17 nitrogen and oxygen atoms in total. The highest BCUT2D eigenvalue weighted by Crippen LogP contribution is 2.45. The van der Waals surface area contributed by atoms with Gasteiger partial charge in [-0.05, 0) is 31.6 Å². The van der Waals surface area contributed by atoms with E-state index in [1.165, 1.54) is 186 Å². The van der Waals surface area contributed by atoms with Gasteiger partial charge in [-0.3, -0.25) is 37.3 Å². The molecular formula is C71H138O17P2. The van der Waals surface area contributed by atoms with E-state index in [0.717, 1.165) is 102 Å². The quantitative estimate of drug-likeness (QED) is 0.0222. The zero-order chi connectivity index (χ0) is 66.3. The molecule has 0 radical (unpaired) electrons. The van der Waals surface area contributed by atoms with E-state index < -0.39 is 97.5 Å². The summed E-state index contributed by atoms with van der Waals surface area (Å²) < 4.78 is 68.2. The second-order valence-corrected chi connectivity index (χ2v) is 29.0. The van der Waals surface area contributed by atoms with Gasteiger partial charge < -0.3 is 33.8 Å². The Morgan fingerprint density at radius 1 is 0.300 bits per heavy atom. The van der Waals surface area contributed by atoms with E-state index in [4.69, 9.17) is 37.0 Å². The summed E-state index contributed by atoms with van der Waals surface area (Å²) in [6.45, 7) is 7.25. The van der Waals surface area contributed by atoms with Crippen molar-refractivity contribution < 1.29 is 80.2 Å². The molecule has 3 N–H and O–H groups in total. The topological polar surface area (TPSA) is 237 Å². The van der Waals surface area contributed by atoms with Gasteiger partial charge in [-0.15, -0.1) is 0 Å². The number of rotatable bonds is 71. The Morgan fingerprint density at radius 2 is 0.511 bits per heavy atom. The van der Waals surface area contributed by atoms with Crippen molar-refractivity contribution in [3.05, 3.63) is 0 Å². The number of esters is 4. The van der Waals surface area contributed by atoms with Gasteiger partial charge in [-0.25, -0.2) is 9.13 Å². The molecule has 19 heteroatoms. The molecule has 0 saturated heterocycles. The first-order valence-corrected chi connectivity index (χ1v) is 40.1. The summed E-state index contributed by atoms with van der Waals surface area (Å²) in [6.07, 6.45) is 51.3. The van der Waals surface area contributed by atoms with Crippen LogP contribution >= 0.6 is 15.6 Å². The molecule has 2 unspecified atom stereocenters. The number of carbonyl (C=O) groups is 4. The molecule has 0 amide bonds. The largest absolute Gasteiger partial charge is 0.472 e. The van der Waals surface area contributed by atoms with Crippen molar-refractivity contribution in [2.24, 2.45) is 5.92 Å². The molecule has 0 fully saturated rings. The van der Waals surface area contributed by atoms with Crippen molar-refractivity contribution in [3.63, 3.8) is 0 Å². The van der Waals surface area contributed by atoms with Crippen LogP contribution in [0.5, 0.6) is 0 Å². The van der Waals surface area contributed by atoms with Crippen molar-refractivity contribution in [1.82, 2.24) is 0 Å². The molecule has 0 aliphatic heterocycles. The highest BCUT2D eigenvalue weighted by molar-refractivity contribution is 7.47. The van der Waals surface area contributed by atoms with Crippen molar-refractivity contribution in [3.8, 4) is 0 Å². The van der Waals surface area contributed by atoms with Crippen LogP contribution in [0.15, 0.2) is 0 Å². The van der Waals surface area contributed by atoms with E-state index in [9.17, 15) is 43.2 Å². The first kappa shape index (κ1) is 88.1. The number of phosphoric ester groups is 2. The van der Waals surface area contributed by atoms with Gasteiger partial charge in [-0.1, -0.05) is 317 Å². The van der Waals surface area contributed by atoms with Gasteiger partial charge in [0.15, 0.2) is 12.2 Å². The third-order valence-corrected chi connectivity index (χ3v) is 18.4. The highest BCUT2D eigenvalue weighted by Gasteiger charge is 2.30. The van der Waals surface area contributed by atoms with Crippen LogP contribution in [-0.2, 0) is 65.4 Å². The fourth-order valence-electron chi connectivity index (χ4n) is 10.8. The molecular weight excluding hydrogens is 1190 g/mol. The third-order valence-electron chi connectivity index (χ3n) is 16.5. The monoisotopic (exact) mass is 1320 g/mol. The first-order chi connectivity index (χ1) is 43.5. The lowest BCUT2D eigenvalue weighted by Gasteiger charge is -2.21. The smallest absolute Gasteiger partial charge is 0.462 e. The van der Waals surface area contributed by atoms with Crippen molar-refractivity contribution in [2.75, 3.05) is 39.6 Å². The van der Waals surface area contributed by atoms with Gasteiger partial charge in [-0.2, -0.15) is 0 Å². The SMILES string of the molecule is CCCCCCCCCCCCCCCCC(=O)OC[C@H](COP(=O)(O)OC[C@@H](O)COP(=O)(O)OC[C@@H](COC(=O)CCCCCCCCCC)OC(=O)CCCCCCCCCCCC)OC(=O)CCCCCCCCCCCCCCCCCC(C)C. The fraction of sp³-hybridized carbons (Fsp3) is 0.944. The predicted molar refractivity (Wildman–Crippen MR) is 363 cm³/mol. The lowest BCUT2D eigenvalue weighted by atomic mass is 10.0. The summed E-state index contributed by atoms with van der Waals surface area (Å²) in [5.41, 5.74) is 0. The second-order valence-electron chi connectivity index (χ2n) is 26.1. The summed E-state index contributed by atoms with van der Waals surface area (Å²) in [5, 5.41) is 10.6. The summed E-state index contributed by atoms with van der Waals surface area (Å²) in [6, 6.07) is 0. The van der Waals surface area contributed by atoms with Crippen molar-refractivity contribution in [2.45, 2.75) is 387 Å². The van der Waals surface area contributed by atoms with E-state index in [2.05, 4.69) is 34.6 Å². The highest BCUT2D eigenvalue weighted by atomic mass is 31.2. The Bertz CT molecular complexity index is 1740. The molecule has 0 aromatic heterocycles. The maximum absolute atomic E-state index is 13.0. The maximum atomic E-state index is 13.0. The molecule has 0 spiro atoms. The molecule has 0 aromatic carbocycles. The van der Waals surface area contributed by atoms with Gasteiger partial charge in [0, 0.05) is 25.7 Å². The van der Waals surface area contributed by atoms with Gasteiger partial charge in [0.25, 0.3) is 0 Å². The zero-order valence-electron chi connectivity index (χ0n) is 58.3. The number of aliphatic hydroxyl groups is 1. The number of phosphoric acid groups is 2. The standard InChI is InChI=1S/C71H138O17P2/c1-6-9-12-15-18-21-23-24-29-32-36-40-45-50-55-69(74)82-61-67(88-71(76)57-52-47-42-37-33-30-27-25-26-28-31-34-38-43-48-53-64(4)5)63-86-90(79,80)84-59-65(72)58-83-89(77,78)85-62-66(60-81-68(73)54-49-44-39-20-17-14-11-8-3)87-70(75)56-51-46-41-35-22-19-16-13-10-7-2/h64-67,72H,6-63H2,1-5H3,(H,77,78)(H,79,80)/t65-,66+,67+/m0/s1. The Morgan fingerprint density at radius 3 is 0.756 bits per heavy atom. The van der Waals surface area contributed by atoms with E-state index in [-0.39, 0.29) is 25.7 Å². The van der Waals surface area contributed by atoms with Crippen LogP contribution in [0.2, 0.25) is 0 Å². The lowest BCUT2D eigenvalue weighted by Crippen LogP contribution is -2.30. The van der Waals surface area contributed by atoms with Crippen LogP contribution in [0, 0.1) is 5.92 Å². The van der Waals surface area contributed by atoms with E-state index in [0.29, 0.717) is 25.7 Å². The van der Waals surface area contributed by atoms with Crippen LogP contribution in [-0.4, -0.2) is 96.7 Å². The van der Waals surface area contributed by atoms with Gasteiger partial charge in [0.2, 0.25) is 0 Å². The lowest BCUT2D eigenvalue weighted by molar-refractivity contribution is -0.161. The Labute approximate surface area is 549 Å². The number of ether oxygens (including phenoxy) is 4. The normalized spacial score (nSPS) is 14.1. The third kappa shape index (κ3) is 64.8. The molecule has 0 rings (SSSR count). The van der Waals surface area contributed by atoms with Crippen LogP contribution < -0.4 is 0 Å². The molecule has 534 valence electrons. The first-order valence-electron chi connectivity index (χ1n) is 37.1. The Kier molecular flexibility index (Phi) is 63.0.